The number of benzene rings is 1. The highest BCUT2D eigenvalue weighted by atomic mass is 16.5. The third-order valence-electron chi connectivity index (χ3n) is 5.66. The van der Waals surface area contributed by atoms with Crippen molar-refractivity contribution < 1.29 is 9.32 Å². The average Bonchev–Trinajstić information content (AvgIpc) is 3.30. The number of rotatable bonds is 4. The lowest BCUT2D eigenvalue weighted by molar-refractivity contribution is -0.118. The highest BCUT2D eigenvalue weighted by Crippen LogP contribution is 2.37. The predicted molar refractivity (Wildman–Crippen MR) is 104 cm³/mol. The first kappa shape index (κ1) is 17.8. The highest BCUT2D eigenvalue weighted by molar-refractivity contribution is 5.92. The SMILES string of the molecule is Cc1nc(C2(NC(=O)C=Cc3ccc4c(c3)CCCN4C)CCCC2)no1. The van der Waals surface area contributed by atoms with Gasteiger partial charge in [-0.15, -0.1) is 0 Å². The number of amides is 1. The van der Waals surface area contributed by atoms with Gasteiger partial charge in [-0.3, -0.25) is 4.79 Å². The molecule has 0 bridgehead atoms. The number of hydrogen-bond donors (Lipinski definition) is 1. The number of nitrogens with one attached hydrogen (secondary N) is 1. The third-order valence-corrected chi connectivity index (χ3v) is 5.66. The second-order valence-electron chi connectivity index (χ2n) is 7.66. The largest absolute Gasteiger partial charge is 0.374 e. The maximum atomic E-state index is 12.6. The second kappa shape index (κ2) is 7.18. The summed E-state index contributed by atoms with van der Waals surface area (Å²) in [4.78, 5) is 19.3. The summed E-state index contributed by atoms with van der Waals surface area (Å²) in [5, 5.41) is 7.21. The number of fused-ring (bicyclic) bond motifs is 1. The van der Waals surface area contributed by atoms with E-state index in [-0.39, 0.29) is 5.91 Å². The van der Waals surface area contributed by atoms with Gasteiger partial charge in [-0.25, -0.2) is 0 Å². The van der Waals surface area contributed by atoms with Crippen molar-refractivity contribution in [3.05, 3.63) is 47.1 Å². The van der Waals surface area contributed by atoms with Crippen molar-refractivity contribution in [2.45, 2.75) is 51.0 Å². The summed E-state index contributed by atoms with van der Waals surface area (Å²) in [6.45, 7) is 2.87. The maximum absolute atomic E-state index is 12.6. The molecular formula is C21H26N4O2. The number of nitrogens with zero attached hydrogens (tertiary/aromatic N) is 3. The summed E-state index contributed by atoms with van der Waals surface area (Å²) in [6, 6.07) is 6.40. The van der Waals surface area contributed by atoms with Crippen molar-refractivity contribution >= 4 is 17.7 Å². The Morgan fingerprint density at radius 1 is 1.30 bits per heavy atom. The molecule has 27 heavy (non-hydrogen) atoms. The van der Waals surface area contributed by atoms with Gasteiger partial charge in [0.2, 0.25) is 11.8 Å². The van der Waals surface area contributed by atoms with Gasteiger partial charge >= 0.3 is 0 Å². The van der Waals surface area contributed by atoms with E-state index in [0.29, 0.717) is 11.7 Å². The monoisotopic (exact) mass is 366 g/mol. The van der Waals surface area contributed by atoms with Gasteiger partial charge in [-0.2, -0.15) is 4.98 Å². The minimum atomic E-state index is -0.502. The Morgan fingerprint density at radius 3 is 2.85 bits per heavy atom. The Balaban J connectivity index is 1.48. The summed E-state index contributed by atoms with van der Waals surface area (Å²) < 4.78 is 5.14. The van der Waals surface area contributed by atoms with Crippen molar-refractivity contribution in [3.8, 4) is 0 Å². The van der Waals surface area contributed by atoms with E-state index in [1.54, 1.807) is 13.0 Å². The molecule has 2 aromatic rings. The molecule has 0 atom stereocenters. The Labute approximate surface area is 159 Å². The van der Waals surface area contributed by atoms with Gasteiger partial charge in [-0.1, -0.05) is 24.1 Å². The van der Waals surface area contributed by atoms with E-state index in [0.717, 1.165) is 44.2 Å². The quantitative estimate of drug-likeness (QED) is 0.840. The Bertz CT molecular complexity index is 865. The van der Waals surface area contributed by atoms with Gasteiger partial charge in [0.05, 0.1) is 0 Å². The maximum Gasteiger partial charge on any atom is 0.244 e. The molecule has 2 heterocycles. The Morgan fingerprint density at radius 2 is 2.11 bits per heavy atom. The summed E-state index contributed by atoms with van der Waals surface area (Å²) in [5.41, 5.74) is 3.19. The van der Waals surface area contributed by atoms with Crippen molar-refractivity contribution in [2.75, 3.05) is 18.5 Å². The first-order chi connectivity index (χ1) is 13.1. The van der Waals surface area contributed by atoms with Crippen LogP contribution in [-0.2, 0) is 16.8 Å². The second-order valence-corrected chi connectivity index (χ2v) is 7.66. The minimum Gasteiger partial charge on any atom is -0.374 e. The minimum absolute atomic E-state index is 0.116. The highest BCUT2D eigenvalue weighted by Gasteiger charge is 2.40. The molecule has 1 aromatic carbocycles. The molecule has 1 saturated carbocycles. The molecule has 142 valence electrons. The van der Waals surface area contributed by atoms with E-state index in [1.807, 2.05) is 6.08 Å². The van der Waals surface area contributed by atoms with Crippen LogP contribution in [0.15, 0.2) is 28.8 Å². The van der Waals surface area contributed by atoms with E-state index in [9.17, 15) is 4.79 Å². The first-order valence-electron chi connectivity index (χ1n) is 9.71. The summed E-state index contributed by atoms with van der Waals surface area (Å²) in [6.07, 6.45) is 9.55. The van der Waals surface area contributed by atoms with Crippen molar-refractivity contribution in [1.29, 1.82) is 0 Å². The Hall–Kier alpha value is -2.63. The van der Waals surface area contributed by atoms with E-state index in [4.69, 9.17) is 4.52 Å². The fourth-order valence-electron chi connectivity index (χ4n) is 4.23. The summed E-state index contributed by atoms with van der Waals surface area (Å²) >= 11 is 0. The van der Waals surface area contributed by atoms with E-state index >= 15 is 0 Å². The predicted octanol–water partition coefficient (Wildman–Crippen LogP) is 3.36. The molecular weight excluding hydrogens is 340 g/mol. The topological polar surface area (TPSA) is 71.3 Å². The number of hydrogen-bond acceptors (Lipinski definition) is 5. The molecule has 4 rings (SSSR count). The van der Waals surface area contributed by atoms with Crippen LogP contribution in [0, 0.1) is 6.92 Å². The van der Waals surface area contributed by atoms with Crippen LogP contribution in [0.1, 0.15) is 54.9 Å². The van der Waals surface area contributed by atoms with Gasteiger partial charge < -0.3 is 14.7 Å². The molecule has 1 aromatic heterocycles. The molecule has 0 unspecified atom stereocenters. The third kappa shape index (κ3) is 3.61. The molecule has 6 nitrogen and oxygen atoms in total. The molecule has 1 aliphatic heterocycles. The molecule has 6 heteroatoms. The van der Waals surface area contributed by atoms with Gasteiger partial charge in [0.1, 0.15) is 5.54 Å². The van der Waals surface area contributed by atoms with Gasteiger partial charge in [0.15, 0.2) is 5.82 Å². The van der Waals surface area contributed by atoms with Crippen LogP contribution in [0.25, 0.3) is 6.08 Å². The van der Waals surface area contributed by atoms with Crippen LogP contribution in [0.5, 0.6) is 0 Å². The standard InChI is InChI=1S/C21H26N4O2/c1-15-22-20(24-27-15)21(11-3-4-12-21)23-19(26)10-8-16-7-9-18-17(14-16)6-5-13-25(18)2/h7-10,14H,3-6,11-13H2,1-2H3,(H,23,26). The van der Waals surface area contributed by atoms with Crippen molar-refractivity contribution in [1.82, 2.24) is 15.5 Å². The fourth-order valence-corrected chi connectivity index (χ4v) is 4.23. The molecule has 2 aliphatic rings. The molecule has 0 spiro atoms. The number of carbonyl (C=O) groups is 1. The smallest absolute Gasteiger partial charge is 0.244 e. The van der Waals surface area contributed by atoms with E-state index < -0.39 is 5.54 Å². The zero-order valence-electron chi connectivity index (χ0n) is 16.0. The zero-order chi connectivity index (χ0) is 18.9. The summed E-state index contributed by atoms with van der Waals surface area (Å²) in [5.74, 6) is 1.00. The number of carbonyl (C=O) groups excluding carboxylic acids is 1. The lowest BCUT2D eigenvalue weighted by Crippen LogP contribution is -2.44. The van der Waals surface area contributed by atoms with Gasteiger partial charge in [-0.05, 0) is 55.0 Å². The molecule has 1 fully saturated rings. The van der Waals surface area contributed by atoms with Crippen LogP contribution in [0.3, 0.4) is 0 Å². The molecule has 1 amide bonds. The fraction of sp³-hybridized carbons (Fsp3) is 0.476. The van der Waals surface area contributed by atoms with Crippen LogP contribution in [0.2, 0.25) is 0 Å². The van der Waals surface area contributed by atoms with Crippen molar-refractivity contribution in [2.24, 2.45) is 0 Å². The van der Waals surface area contributed by atoms with Crippen LogP contribution in [0.4, 0.5) is 5.69 Å². The summed E-state index contributed by atoms with van der Waals surface area (Å²) in [7, 11) is 2.13. The zero-order valence-corrected chi connectivity index (χ0v) is 16.0. The van der Waals surface area contributed by atoms with Crippen LogP contribution >= 0.6 is 0 Å². The van der Waals surface area contributed by atoms with Gasteiger partial charge in [0.25, 0.3) is 0 Å². The lowest BCUT2D eigenvalue weighted by Gasteiger charge is -2.27. The van der Waals surface area contributed by atoms with E-state index in [1.165, 1.54) is 17.7 Å². The van der Waals surface area contributed by atoms with E-state index in [2.05, 4.69) is 45.6 Å². The first-order valence-corrected chi connectivity index (χ1v) is 9.71. The molecule has 0 saturated heterocycles. The number of aryl methyl sites for hydroxylation is 2. The molecule has 1 N–H and O–H groups in total. The lowest BCUT2D eigenvalue weighted by atomic mass is 9.96. The normalized spacial score (nSPS) is 18.7. The van der Waals surface area contributed by atoms with Crippen LogP contribution in [-0.4, -0.2) is 29.6 Å². The van der Waals surface area contributed by atoms with Crippen LogP contribution < -0.4 is 10.2 Å². The molecule has 1 aliphatic carbocycles. The van der Waals surface area contributed by atoms with Gasteiger partial charge in [0, 0.05) is 32.3 Å². The number of aromatic nitrogens is 2. The Kier molecular flexibility index (Phi) is 4.72. The van der Waals surface area contributed by atoms with Crippen molar-refractivity contribution in [3.63, 3.8) is 0 Å². The molecule has 0 radical (unpaired) electrons. The number of anilines is 1. The average molecular weight is 366 g/mol.